The number of hydrogen-bond donors (Lipinski definition) is 2. The second kappa shape index (κ2) is 5.48. The molecule has 1 heterocycles. The van der Waals surface area contributed by atoms with E-state index in [2.05, 4.69) is 4.90 Å². The number of carbonyl (C=O) groups excluding carboxylic acids is 1. The maximum Gasteiger partial charge on any atom is 0.222 e. The van der Waals surface area contributed by atoms with Crippen LogP contribution in [0, 0.1) is 5.92 Å². The van der Waals surface area contributed by atoms with Crippen molar-refractivity contribution in [1.29, 1.82) is 0 Å². The van der Waals surface area contributed by atoms with E-state index in [1.807, 2.05) is 18.2 Å². The van der Waals surface area contributed by atoms with Crippen molar-refractivity contribution < 1.29 is 14.6 Å². The highest BCUT2D eigenvalue weighted by molar-refractivity contribution is 5.78. The number of amides is 1. The number of nitrogens with two attached hydrogens (primary N) is 1. The Balaban J connectivity index is 2.33. The SMILES string of the molecule is COc1cccc(N2CCC(C(N)=O)C2)c1C(C)O. The van der Waals surface area contributed by atoms with Crippen LogP contribution in [0.25, 0.3) is 0 Å². The predicted octanol–water partition coefficient (Wildman–Crippen LogP) is 1.06. The van der Waals surface area contributed by atoms with Crippen LogP contribution >= 0.6 is 0 Å². The van der Waals surface area contributed by atoms with E-state index < -0.39 is 6.10 Å². The third-order valence-corrected chi connectivity index (χ3v) is 3.61. The van der Waals surface area contributed by atoms with Gasteiger partial charge in [-0.25, -0.2) is 0 Å². The molecule has 1 aliphatic heterocycles. The van der Waals surface area contributed by atoms with Gasteiger partial charge in [0.05, 0.1) is 19.1 Å². The van der Waals surface area contributed by atoms with Crippen molar-refractivity contribution in [3.8, 4) is 5.75 Å². The lowest BCUT2D eigenvalue weighted by Crippen LogP contribution is -2.28. The number of benzene rings is 1. The smallest absolute Gasteiger partial charge is 0.222 e. The Labute approximate surface area is 113 Å². The number of aliphatic hydroxyl groups excluding tert-OH is 1. The first-order chi connectivity index (χ1) is 9.04. The fourth-order valence-electron chi connectivity index (χ4n) is 2.62. The van der Waals surface area contributed by atoms with Crippen molar-refractivity contribution >= 4 is 11.6 Å². The molecule has 0 bridgehead atoms. The number of methoxy groups -OCH3 is 1. The molecule has 1 amide bonds. The summed E-state index contributed by atoms with van der Waals surface area (Å²) in [5.41, 5.74) is 7.03. The van der Waals surface area contributed by atoms with Crippen molar-refractivity contribution in [3.05, 3.63) is 23.8 Å². The lowest BCUT2D eigenvalue weighted by atomic mass is 10.1. The topological polar surface area (TPSA) is 75.8 Å². The number of aliphatic hydroxyl groups is 1. The molecule has 2 rings (SSSR count). The normalized spacial score (nSPS) is 20.4. The Morgan fingerprint density at radius 3 is 2.84 bits per heavy atom. The summed E-state index contributed by atoms with van der Waals surface area (Å²) < 4.78 is 5.30. The van der Waals surface area contributed by atoms with E-state index in [9.17, 15) is 9.90 Å². The minimum absolute atomic E-state index is 0.118. The van der Waals surface area contributed by atoms with Crippen LogP contribution in [0.2, 0.25) is 0 Å². The Hall–Kier alpha value is -1.75. The summed E-state index contributed by atoms with van der Waals surface area (Å²) in [6.07, 6.45) is 0.130. The first-order valence-corrected chi connectivity index (χ1v) is 6.43. The second-order valence-electron chi connectivity index (χ2n) is 4.90. The summed E-state index contributed by atoms with van der Waals surface area (Å²) in [5, 5.41) is 9.95. The molecule has 2 unspecified atom stereocenters. The first-order valence-electron chi connectivity index (χ1n) is 6.43. The number of primary amides is 1. The van der Waals surface area contributed by atoms with Crippen LogP contribution in [0.5, 0.6) is 5.75 Å². The summed E-state index contributed by atoms with van der Waals surface area (Å²) in [4.78, 5) is 13.3. The van der Waals surface area contributed by atoms with Crippen LogP contribution in [0.15, 0.2) is 18.2 Å². The quantitative estimate of drug-likeness (QED) is 0.852. The molecule has 1 aromatic rings. The van der Waals surface area contributed by atoms with Gasteiger partial charge in [0.15, 0.2) is 0 Å². The average Bonchev–Trinajstić information content (AvgIpc) is 2.87. The average molecular weight is 264 g/mol. The van der Waals surface area contributed by atoms with Crippen molar-refractivity contribution in [3.63, 3.8) is 0 Å². The molecular formula is C14H20N2O3. The highest BCUT2D eigenvalue weighted by Gasteiger charge is 2.29. The van der Waals surface area contributed by atoms with Gasteiger partial charge in [-0.05, 0) is 25.5 Å². The number of nitrogens with zero attached hydrogens (tertiary/aromatic N) is 1. The summed E-state index contributed by atoms with van der Waals surface area (Å²) in [6.45, 7) is 3.08. The van der Waals surface area contributed by atoms with Crippen molar-refractivity contribution in [2.45, 2.75) is 19.4 Å². The Kier molecular flexibility index (Phi) is 3.95. The van der Waals surface area contributed by atoms with E-state index in [0.29, 0.717) is 12.3 Å². The molecule has 0 aliphatic carbocycles. The van der Waals surface area contributed by atoms with Gasteiger partial charge in [0, 0.05) is 24.3 Å². The number of carbonyl (C=O) groups is 1. The molecule has 0 saturated carbocycles. The standard InChI is InChI=1S/C14H20N2O3/c1-9(17)13-11(4-3-5-12(13)19-2)16-7-6-10(8-16)14(15)18/h3-5,9-10,17H,6-8H2,1-2H3,(H2,15,18). The summed E-state index contributed by atoms with van der Waals surface area (Å²) in [7, 11) is 1.58. The number of hydrogen-bond acceptors (Lipinski definition) is 4. The maximum absolute atomic E-state index is 11.2. The highest BCUT2D eigenvalue weighted by Crippen LogP contribution is 2.36. The molecule has 0 radical (unpaired) electrons. The molecule has 19 heavy (non-hydrogen) atoms. The van der Waals surface area contributed by atoms with Crippen LogP contribution in [0.4, 0.5) is 5.69 Å². The molecule has 1 saturated heterocycles. The van der Waals surface area contributed by atoms with E-state index in [4.69, 9.17) is 10.5 Å². The van der Waals surface area contributed by atoms with E-state index in [0.717, 1.165) is 24.2 Å². The molecule has 1 fully saturated rings. The Bertz CT molecular complexity index is 474. The molecule has 104 valence electrons. The molecule has 1 aliphatic rings. The summed E-state index contributed by atoms with van der Waals surface area (Å²) in [6, 6.07) is 5.65. The molecule has 0 spiro atoms. The van der Waals surface area contributed by atoms with Gasteiger partial charge in [-0.15, -0.1) is 0 Å². The molecular weight excluding hydrogens is 244 g/mol. The van der Waals surface area contributed by atoms with Gasteiger partial charge in [-0.2, -0.15) is 0 Å². The van der Waals surface area contributed by atoms with Crippen molar-refractivity contribution in [2.75, 3.05) is 25.1 Å². The van der Waals surface area contributed by atoms with Gasteiger partial charge in [-0.1, -0.05) is 6.07 Å². The molecule has 0 aromatic heterocycles. The van der Waals surface area contributed by atoms with Crippen LogP contribution in [0.1, 0.15) is 25.0 Å². The van der Waals surface area contributed by atoms with E-state index in [1.165, 1.54) is 0 Å². The second-order valence-corrected chi connectivity index (χ2v) is 4.90. The summed E-state index contributed by atoms with van der Waals surface area (Å²) >= 11 is 0. The minimum atomic E-state index is -0.626. The highest BCUT2D eigenvalue weighted by atomic mass is 16.5. The van der Waals surface area contributed by atoms with Crippen LogP contribution in [0.3, 0.4) is 0 Å². The largest absolute Gasteiger partial charge is 0.496 e. The fourth-order valence-corrected chi connectivity index (χ4v) is 2.62. The van der Waals surface area contributed by atoms with E-state index in [1.54, 1.807) is 14.0 Å². The van der Waals surface area contributed by atoms with Gasteiger partial charge in [-0.3, -0.25) is 4.79 Å². The third-order valence-electron chi connectivity index (χ3n) is 3.61. The zero-order chi connectivity index (χ0) is 14.0. The van der Waals surface area contributed by atoms with Gasteiger partial charge in [0.2, 0.25) is 5.91 Å². The van der Waals surface area contributed by atoms with Crippen molar-refractivity contribution in [1.82, 2.24) is 0 Å². The lowest BCUT2D eigenvalue weighted by molar-refractivity contribution is -0.121. The number of anilines is 1. The Morgan fingerprint density at radius 2 is 2.32 bits per heavy atom. The van der Waals surface area contributed by atoms with Gasteiger partial charge >= 0.3 is 0 Å². The molecule has 3 N–H and O–H groups in total. The van der Waals surface area contributed by atoms with Gasteiger partial charge in [0.1, 0.15) is 5.75 Å². The van der Waals surface area contributed by atoms with E-state index in [-0.39, 0.29) is 11.8 Å². The van der Waals surface area contributed by atoms with Crippen LogP contribution < -0.4 is 15.4 Å². The fraction of sp³-hybridized carbons (Fsp3) is 0.500. The van der Waals surface area contributed by atoms with Gasteiger partial charge < -0.3 is 20.5 Å². The molecule has 5 heteroatoms. The van der Waals surface area contributed by atoms with Gasteiger partial charge in [0.25, 0.3) is 0 Å². The first kappa shape index (κ1) is 13.7. The third kappa shape index (κ3) is 2.66. The molecule has 1 aromatic carbocycles. The summed E-state index contributed by atoms with van der Waals surface area (Å²) in [5.74, 6) is 0.284. The van der Waals surface area contributed by atoms with Crippen molar-refractivity contribution in [2.24, 2.45) is 11.7 Å². The zero-order valence-electron chi connectivity index (χ0n) is 11.3. The molecule has 2 atom stereocenters. The maximum atomic E-state index is 11.2. The lowest BCUT2D eigenvalue weighted by Gasteiger charge is -2.24. The number of rotatable bonds is 4. The monoisotopic (exact) mass is 264 g/mol. The number of ether oxygens (including phenoxy) is 1. The van der Waals surface area contributed by atoms with Crippen LogP contribution in [-0.2, 0) is 4.79 Å². The molecule has 5 nitrogen and oxygen atoms in total. The predicted molar refractivity (Wildman–Crippen MR) is 73.1 cm³/mol. The van der Waals surface area contributed by atoms with E-state index >= 15 is 0 Å². The van der Waals surface area contributed by atoms with Crippen LogP contribution in [-0.4, -0.2) is 31.2 Å². The zero-order valence-corrected chi connectivity index (χ0v) is 11.3. The minimum Gasteiger partial charge on any atom is -0.496 e. The Morgan fingerprint density at radius 1 is 1.58 bits per heavy atom.